The van der Waals surface area contributed by atoms with Gasteiger partial charge < -0.3 is 5.32 Å². The zero-order valence-electron chi connectivity index (χ0n) is 11.4. The Morgan fingerprint density at radius 1 is 1.30 bits per heavy atom. The normalized spacial score (nSPS) is 21.5. The Labute approximate surface area is 120 Å². The summed E-state index contributed by atoms with van der Waals surface area (Å²) in [6.45, 7) is 4.70. The number of amidine groups is 1. The van der Waals surface area contributed by atoms with E-state index in [9.17, 15) is 13.2 Å². The van der Waals surface area contributed by atoms with Crippen molar-refractivity contribution in [3.8, 4) is 0 Å². The molecular formula is C14H17F3N2S. The summed E-state index contributed by atoms with van der Waals surface area (Å²) in [6, 6.07) is 5.58. The van der Waals surface area contributed by atoms with Gasteiger partial charge >= 0.3 is 6.18 Å². The van der Waals surface area contributed by atoms with Crippen molar-refractivity contribution < 1.29 is 13.2 Å². The van der Waals surface area contributed by atoms with Crippen LogP contribution in [0.4, 0.5) is 13.2 Å². The fraction of sp³-hybridized carbons (Fsp3) is 0.500. The van der Waals surface area contributed by atoms with Crippen molar-refractivity contribution in [3.63, 3.8) is 0 Å². The number of halogens is 3. The predicted molar refractivity (Wildman–Crippen MR) is 76.8 cm³/mol. The molecule has 1 unspecified atom stereocenters. The fourth-order valence-electron chi connectivity index (χ4n) is 1.82. The lowest BCUT2D eigenvalue weighted by atomic mass is 10.1. The van der Waals surface area contributed by atoms with Gasteiger partial charge in [-0.3, -0.25) is 4.99 Å². The first kappa shape index (κ1) is 15.2. The van der Waals surface area contributed by atoms with Gasteiger partial charge in [0.1, 0.15) is 0 Å². The molecule has 6 heteroatoms. The molecule has 0 aliphatic carbocycles. The summed E-state index contributed by atoms with van der Waals surface area (Å²) in [5.74, 6) is 1.53. The number of thioether (sulfide) groups is 1. The van der Waals surface area contributed by atoms with E-state index in [4.69, 9.17) is 0 Å². The fourth-order valence-corrected chi connectivity index (χ4v) is 3.02. The predicted octanol–water partition coefficient (Wildman–Crippen LogP) is 3.92. The van der Waals surface area contributed by atoms with Crippen molar-refractivity contribution in [2.45, 2.75) is 32.6 Å². The lowest BCUT2D eigenvalue weighted by Gasteiger charge is -2.13. The molecular weight excluding hydrogens is 285 g/mol. The first-order valence-electron chi connectivity index (χ1n) is 6.46. The maximum Gasteiger partial charge on any atom is 0.416 e. The zero-order valence-corrected chi connectivity index (χ0v) is 12.2. The monoisotopic (exact) mass is 302 g/mol. The van der Waals surface area contributed by atoms with Crippen LogP contribution >= 0.6 is 11.8 Å². The van der Waals surface area contributed by atoms with Crippen LogP contribution in [0.2, 0.25) is 0 Å². The molecule has 1 saturated heterocycles. The Balaban J connectivity index is 1.95. The van der Waals surface area contributed by atoms with Gasteiger partial charge in [-0.2, -0.15) is 13.2 Å². The number of aliphatic imine (C=N–C) groups is 1. The van der Waals surface area contributed by atoms with E-state index in [0.29, 0.717) is 18.5 Å². The van der Waals surface area contributed by atoms with Crippen molar-refractivity contribution in [3.05, 3.63) is 35.4 Å². The summed E-state index contributed by atoms with van der Waals surface area (Å²) in [4.78, 5) is 4.41. The van der Waals surface area contributed by atoms with Crippen LogP contribution in [0.15, 0.2) is 29.3 Å². The number of hydrogen-bond acceptors (Lipinski definition) is 2. The van der Waals surface area contributed by atoms with Gasteiger partial charge in [0.2, 0.25) is 0 Å². The molecule has 1 aliphatic heterocycles. The molecule has 0 bridgehead atoms. The Hall–Kier alpha value is -1.17. The highest BCUT2D eigenvalue weighted by molar-refractivity contribution is 8.14. The van der Waals surface area contributed by atoms with Crippen molar-refractivity contribution in [2.24, 2.45) is 10.9 Å². The van der Waals surface area contributed by atoms with Crippen LogP contribution in [-0.2, 0) is 12.7 Å². The Morgan fingerprint density at radius 3 is 2.45 bits per heavy atom. The summed E-state index contributed by atoms with van der Waals surface area (Å²) in [7, 11) is 0. The lowest BCUT2D eigenvalue weighted by Crippen LogP contribution is -2.31. The topological polar surface area (TPSA) is 24.4 Å². The molecule has 1 aromatic carbocycles. The third kappa shape index (κ3) is 3.91. The Bertz CT molecular complexity index is 480. The minimum Gasteiger partial charge on any atom is -0.361 e. The molecule has 1 heterocycles. The van der Waals surface area contributed by atoms with Gasteiger partial charge in [0, 0.05) is 11.8 Å². The van der Waals surface area contributed by atoms with Gasteiger partial charge in [-0.25, -0.2) is 0 Å². The molecule has 110 valence electrons. The van der Waals surface area contributed by atoms with Crippen LogP contribution in [0, 0.1) is 5.92 Å². The highest BCUT2D eigenvalue weighted by atomic mass is 32.2. The molecule has 1 aliphatic rings. The first-order chi connectivity index (χ1) is 9.36. The summed E-state index contributed by atoms with van der Waals surface area (Å²) in [6.07, 6.45) is -4.28. The van der Waals surface area contributed by atoms with E-state index in [1.165, 1.54) is 12.1 Å². The molecule has 1 N–H and O–H groups in total. The highest BCUT2D eigenvalue weighted by Crippen LogP contribution is 2.29. The van der Waals surface area contributed by atoms with E-state index >= 15 is 0 Å². The molecule has 1 aromatic rings. The quantitative estimate of drug-likeness (QED) is 0.915. The number of nitrogens with zero attached hydrogens (tertiary/aromatic N) is 1. The summed E-state index contributed by atoms with van der Waals surface area (Å²) >= 11 is 1.66. The van der Waals surface area contributed by atoms with E-state index in [2.05, 4.69) is 24.2 Å². The minimum absolute atomic E-state index is 0.401. The average molecular weight is 302 g/mol. The second-order valence-electron chi connectivity index (χ2n) is 5.12. The number of nitrogens with one attached hydrogen (secondary N) is 1. The smallest absolute Gasteiger partial charge is 0.361 e. The molecule has 0 radical (unpaired) electrons. The van der Waals surface area contributed by atoms with E-state index < -0.39 is 11.7 Å². The van der Waals surface area contributed by atoms with E-state index in [1.807, 2.05) is 0 Å². The third-order valence-corrected chi connectivity index (χ3v) is 4.25. The number of rotatable bonds is 3. The zero-order chi connectivity index (χ0) is 14.8. The maximum atomic E-state index is 12.4. The lowest BCUT2D eigenvalue weighted by molar-refractivity contribution is -0.137. The van der Waals surface area contributed by atoms with Crippen molar-refractivity contribution in [1.29, 1.82) is 0 Å². The van der Waals surface area contributed by atoms with Crippen molar-refractivity contribution in [2.75, 3.05) is 5.75 Å². The second-order valence-corrected chi connectivity index (χ2v) is 6.13. The van der Waals surface area contributed by atoms with Crippen LogP contribution in [0.5, 0.6) is 0 Å². The van der Waals surface area contributed by atoms with Gasteiger partial charge in [-0.15, -0.1) is 0 Å². The number of alkyl halides is 3. The Morgan fingerprint density at radius 2 is 1.95 bits per heavy atom. The van der Waals surface area contributed by atoms with Gasteiger partial charge in [-0.05, 0) is 23.6 Å². The van der Waals surface area contributed by atoms with Crippen LogP contribution in [0.25, 0.3) is 0 Å². The molecule has 0 saturated carbocycles. The van der Waals surface area contributed by atoms with Crippen LogP contribution in [-0.4, -0.2) is 17.0 Å². The van der Waals surface area contributed by atoms with Gasteiger partial charge in [-0.1, -0.05) is 37.7 Å². The molecule has 1 fully saturated rings. The van der Waals surface area contributed by atoms with Crippen molar-refractivity contribution >= 4 is 16.9 Å². The summed E-state index contributed by atoms with van der Waals surface area (Å²) < 4.78 is 37.3. The van der Waals surface area contributed by atoms with E-state index in [1.54, 1.807) is 11.8 Å². The standard InChI is InChI=1S/C14H17F3N2S/c1-9(2)12-8-20-13(19-12)18-7-10-3-5-11(6-4-10)14(15,16)17/h3-6,9,12H,7-8H2,1-2H3,(H,18,19). The molecule has 2 rings (SSSR count). The molecule has 1 atom stereocenters. The SMILES string of the molecule is CC(C)C1CSC(=NCc2ccc(C(F)(F)F)cc2)N1. The number of benzene rings is 1. The molecule has 0 spiro atoms. The second kappa shape index (κ2) is 6.08. The number of hydrogen-bond donors (Lipinski definition) is 1. The van der Waals surface area contributed by atoms with Gasteiger partial charge in [0.05, 0.1) is 12.1 Å². The maximum absolute atomic E-state index is 12.4. The Kier molecular flexibility index (Phi) is 4.62. The minimum atomic E-state index is -4.28. The largest absolute Gasteiger partial charge is 0.416 e. The van der Waals surface area contributed by atoms with Crippen molar-refractivity contribution in [1.82, 2.24) is 5.32 Å². The highest BCUT2D eigenvalue weighted by Gasteiger charge is 2.29. The van der Waals surface area contributed by atoms with Crippen LogP contribution in [0.3, 0.4) is 0 Å². The molecule has 20 heavy (non-hydrogen) atoms. The molecule has 0 aromatic heterocycles. The molecule has 2 nitrogen and oxygen atoms in total. The van der Waals surface area contributed by atoms with Crippen LogP contribution < -0.4 is 5.32 Å². The molecule has 0 amide bonds. The third-order valence-electron chi connectivity index (χ3n) is 3.20. The average Bonchev–Trinajstić information content (AvgIpc) is 2.85. The summed E-state index contributed by atoms with van der Waals surface area (Å²) in [5, 5.41) is 4.21. The summed E-state index contributed by atoms with van der Waals surface area (Å²) in [5.41, 5.74) is 0.156. The van der Waals surface area contributed by atoms with Gasteiger partial charge in [0.25, 0.3) is 0 Å². The van der Waals surface area contributed by atoms with Gasteiger partial charge in [0.15, 0.2) is 5.17 Å². The first-order valence-corrected chi connectivity index (χ1v) is 7.45. The van der Waals surface area contributed by atoms with Crippen LogP contribution in [0.1, 0.15) is 25.0 Å². The van der Waals surface area contributed by atoms with E-state index in [0.717, 1.165) is 28.6 Å². The van der Waals surface area contributed by atoms with E-state index in [-0.39, 0.29) is 0 Å².